The molecule has 0 aromatic heterocycles. The highest BCUT2D eigenvalue weighted by atomic mass is 32.2. The molecule has 2 aromatic carbocycles. The molecule has 0 aliphatic rings. The van der Waals surface area contributed by atoms with Crippen LogP contribution >= 0.6 is 23.5 Å². The number of carboxylic acid groups (broad SMARTS) is 2. The van der Waals surface area contributed by atoms with Gasteiger partial charge in [-0.3, -0.25) is 19.2 Å². The van der Waals surface area contributed by atoms with E-state index < -0.39 is 74.5 Å². The Bertz CT molecular complexity index is 1430. The van der Waals surface area contributed by atoms with Gasteiger partial charge in [-0.25, -0.2) is 0 Å². The van der Waals surface area contributed by atoms with Crippen LogP contribution in [-0.2, 0) is 9.59 Å². The third-order valence-corrected chi connectivity index (χ3v) is 8.24. The minimum atomic E-state index is -4.91. The van der Waals surface area contributed by atoms with Crippen LogP contribution in [0.5, 0.6) is 34.5 Å². The maximum absolute atomic E-state index is 12.9. The van der Waals surface area contributed by atoms with Crippen LogP contribution < -0.4 is 28.4 Å². The first-order valence-corrected chi connectivity index (χ1v) is 14.6. The van der Waals surface area contributed by atoms with Gasteiger partial charge in [0.2, 0.25) is 11.5 Å². The minimum Gasteiger partial charge on any atom is -0.493 e. The molecule has 2 atom stereocenters. The lowest BCUT2D eigenvalue weighted by atomic mass is 9.93. The molecule has 0 saturated carbocycles. The number of ketones is 2. The molecule has 268 valence electrons. The predicted molar refractivity (Wildman–Crippen MR) is 160 cm³/mol. The number of ether oxygens (including phenoxy) is 6. The second-order valence-corrected chi connectivity index (χ2v) is 11.4. The Hall–Kier alpha value is -4.20. The molecule has 0 bridgehead atoms. The van der Waals surface area contributed by atoms with Crippen molar-refractivity contribution in [3.05, 3.63) is 35.4 Å². The molecule has 2 aromatic rings. The van der Waals surface area contributed by atoms with Gasteiger partial charge in [0.05, 0.1) is 42.7 Å². The van der Waals surface area contributed by atoms with E-state index in [0.717, 1.165) is 24.3 Å². The maximum Gasteiger partial charge on any atom is 0.443 e. The van der Waals surface area contributed by atoms with Crippen molar-refractivity contribution < 1.29 is 84.2 Å². The molecule has 2 unspecified atom stereocenters. The Labute approximate surface area is 277 Å². The van der Waals surface area contributed by atoms with E-state index in [0.29, 0.717) is 0 Å². The first-order valence-electron chi connectivity index (χ1n) is 12.9. The maximum atomic E-state index is 12.9. The summed E-state index contributed by atoms with van der Waals surface area (Å²) in [6.07, 6.45) is -0.567. The SMILES string of the molecule is CCC(SC(F)(F)F)(C(=O)O)C(=O)c1cc(OC)c(OC)c(OC)c1.COc1cc(C(=O)C(SC(F)(F)F)C(=O)O)cc(OC)c1OC. The van der Waals surface area contributed by atoms with Gasteiger partial charge >= 0.3 is 23.0 Å². The quantitative estimate of drug-likeness (QED) is 0.125. The second-order valence-electron chi connectivity index (χ2n) is 8.84. The summed E-state index contributed by atoms with van der Waals surface area (Å²) < 4.78 is 103. The number of carbonyl (C=O) groups is 4. The smallest absolute Gasteiger partial charge is 0.443 e. The monoisotopic (exact) mass is 736 g/mol. The summed E-state index contributed by atoms with van der Waals surface area (Å²) in [6, 6.07) is 4.43. The van der Waals surface area contributed by atoms with Crippen LogP contribution in [0.4, 0.5) is 26.3 Å². The summed E-state index contributed by atoms with van der Waals surface area (Å²) in [5, 5.41) is 15.9. The second kappa shape index (κ2) is 17.3. The first kappa shape index (κ1) is 41.8. The molecule has 12 nitrogen and oxygen atoms in total. The van der Waals surface area contributed by atoms with Crippen LogP contribution in [0, 0.1) is 0 Å². The lowest BCUT2D eigenvalue weighted by Gasteiger charge is -2.27. The summed E-state index contributed by atoms with van der Waals surface area (Å²) in [5.41, 5.74) is -10.4. The fourth-order valence-corrected chi connectivity index (χ4v) is 5.39. The van der Waals surface area contributed by atoms with E-state index in [1.54, 1.807) is 0 Å². The molecule has 0 amide bonds. The van der Waals surface area contributed by atoms with Gasteiger partial charge in [-0.1, -0.05) is 6.92 Å². The molecule has 2 N–H and O–H groups in total. The van der Waals surface area contributed by atoms with E-state index in [4.69, 9.17) is 33.5 Å². The van der Waals surface area contributed by atoms with Crippen molar-refractivity contribution in [2.75, 3.05) is 42.7 Å². The normalized spacial score (nSPS) is 13.1. The number of benzene rings is 2. The zero-order valence-corrected chi connectivity index (χ0v) is 27.8. The summed E-state index contributed by atoms with van der Waals surface area (Å²) in [7, 11) is 7.66. The van der Waals surface area contributed by atoms with E-state index in [-0.39, 0.29) is 45.6 Å². The van der Waals surface area contributed by atoms with Gasteiger partial charge in [0.25, 0.3) is 0 Å². The first-order chi connectivity index (χ1) is 22.2. The van der Waals surface area contributed by atoms with Crippen molar-refractivity contribution in [3.63, 3.8) is 0 Å². The standard InChI is InChI=1S/C15H17F3O6S.C13H13F3O6S/c1-5-14(13(20)21,25-15(16,17)18)12(19)8-6-9(22-2)11(24-4)10(7-8)23-3;1-20-7-4-6(5-8(21-2)10(7)22-3)9(17)11(12(18)19)23-13(14,15)16/h6-7H,5H2,1-4H3,(H,20,21);4-5,11H,1-3H3,(H,18,19). The van der Waals surface area contributed by atoms with Crippen molar-refractivity contribution in [2.24, 2.45) is 0 Å². The fourth-order valence-electron chi connectivity index (χ4n) is 3.94. The van der Waals surface area contributed by atoms with Crippen LogP contribution in [0.25, 0.3) is 0 Å². The number of alkyl halides is 6. The Morgan fingerprint density at radius 3 is 1.29 bits per heavy atom. The number of Topliss-reactive ketones (excluding diaryl/α,β-unsaturated/α-hetero) is 2. The predicted octanol–water partition coefficient (Wildman–Crippen LogP) is 5.98. The molecule has 0 heterocycles. The molecule has 0 aliphatic carbocycles. The van der Waals surface area contributed by atoms with Gasteiger partial charge in [0.1, 0.15) is 0 Å². The van der Waals surface area contributed by atoms with Crippen molar-refractivity contribution in [1.82, 2.24) is 0 Å². The number of methoxy groups -OCH3 is 6. The number of thioether (sulfide) groups is 2. The number of carboxylic acids is 2. The third-order valence-electron chi connectivity index (χ3n) is 6.09. The molecule has 0 saturated heterocycles. The largest absolute Gasteiger partial charge is 0.493 e. The molecule has 0 spiro atoms. The average molecular weight is 737 g/mol. The summed E-state index contributed by atoms with van der Waals surface area (Å²) >= 11 is -1.78. The zero-order chi connectivity index (χ0) is 37.2. The average Bonchev–Trinajstić information content (AvgIpc) is 3.02. The Kier molecular flexibility index (Phi) is 15.0. The number of aliphatic carboxylic acids is 2. The molecule has 0 aliphatic heterocycles. The number of rotatable bonds is 15. The topological polar surface area (TPSA) is 164 Å². The number of carbonyl (C=O) groups excluding carboxylic acids is 2. The van der Waals surface area contributed by atoms with Crippen molar-refractivity contribution in [1.29, 1.82) is 0 Å². The van der Waals surface area contributed by atoms with Crippen molar-refractivity contribution >= 4 is 47.0 Å². The van der Waals surface area contributed by atoms with E-state index in [2.05, 4.69) is 0 Å². The van der Waals surface area contributed by atoms with Gasteiger partial charge < -0.3 is 38.6 Å². The fraction of sp³-hybridized carbons (Fsp3) is 0.429. The van der Waals surface area contributed by atoms with Crippen LogP contribution in [0.15, 0.2) is 24.3 Å². The minimum absolute atomic E-state index is 0.0244. The molecule has 0 radical (unpaired) electrons. The lowest BCUT2D eigenvalue weighted by molar-refractivity contribution is -0.139. The van der Waals surface area contributed by atoms with E-state index in [1.165, 1.54) is 49.6 Å². The Balaban J connectivity index is 0.000000482. The van der Waals surface area contributed by atoms with Crippen LogP contribution in [0.2, 0.25) is 0 Å². The number of hydrogen-bond donors (Lipinski definition) is 2. The number of halogens is 6. The van der Waals surface area contributed by atoms with E-state index in [9.17, 15) is 50.6 Å². The van der Waals surface area contributed by atoms with Gasteiger partial charge in [-0.05, 0) is 54.2 Å². The zero-order valence-electron chi connectivity index (χ0n) is 26.2. The van der Waals surface area contributed by atoms with Crippen molar-refractivity contribution in [2.45, 2.75) is 34.4 Å². The summed E-state index contributed by atoms with van der Waals surface area (Å²) in [4.78, 5) is 47.4. The molecular weight excluding hydrogens is 706 g/mol. The highest BCUT2D eigenvalue weighted by Gasteiger charge is 2.53. The van der Waals surface area contributed by atoms with Gasteiger partial charge in [0, 0.05) is 11.1 Å². The molecule has 48 heavy (non-hydrogen) atoms. The highest BCUT2D eigenvalue weighted by Crippen LogP contribution is 2.47. The molecule has 2 rings (SSSR count). The van der Waals surface area contributed by atoms with Crippen molar-refractivity contribution in [3.8, 4) is 34.5 Å². The third kappa shape index (κ3) is 10.4. The molecular formula is C28H30F6O12S2. The molecule has 20 heteroatoms. The number of hydrogen-bond acceptors (Lipinski definition) is 12. The van der Waals surface area contributed by atoms with Gasteiger partial charge in [-0.2, -0.15) is 26.3 Å². The van der Waals surface area contributed by atoms with Gasteiger partial charge in [0.15, 0.2) is 44.6 Å². The van der Waals surface area contributed by atoms with Gasteiger partial charge in [-0.15, -0.1) is 0 Å². The van der Waals surface area contributed by atoms with Crippen LogP contribution in [-0.4, -0.2) is 97.4 Å². The van der Waals surface area contributed by atoms with E-state index in [1.807, 2.05) is 0 Å². The van der Waals surface area contributed by atoms with Crippen LogP contribution in [0.3, 0.4) is 0 Å². The summed E-state index contributed by atoms with van der Waals surface area (Å²) in [5.74, 6) is -5.88. The lowest BCUT2D eigenvalue weighted by Crippen LogP contribution is -2.45. The highest BCUT2D eigenvalue weighted by molar-refractivity contribution is 8.03. The summed E-state index contributed by atoms with van der Waals surface area (Å²) in [6.45, 7) is 1.20. The van der Waals surface area contributed by atoms with Crippen LogP contribution in [0.1, 0.15) is 34.1 Å². The van der Waals surface area contributed by atoms with E-state index >= 15 is 0 Å². The Morgan fingerprint density at radius 1 is 0.667 bits per heavy atom. The molecule has 0 fully saturated rings. The Morgan fingerprint density at radius 2 is 1.04 bits per heavy atom.